The highest BCUT2D eigenvalue weighted by Gasteiger charge is 2.46. The van der Waals surface area contributed by atoms with Crippen LogP contribution in [0, 0.1) is 0 Å². The SMILES string of the molecule is COc1ccc(NC(=O)C(F)(F)F)c([C@](C)(C(C)=O)C(=O)OC(C)(C)C)c1. The largest absolute Gasteiger partial charge is 0.497 e. The molecule has 0 aliphatic heterocycles. The lowest BCUT2D eigenvalue weighted by Crippen LogP contribution is -2.45. The van der Waals surface area contributed by atoms with Crippen molar-refractivity contribution in [3.63, 3.8) is 0 Å². The molecule has 0 unspecified atom stereocenters. The summed E-state index contributed by atoms with van der Waals surface area (Å²) in [5, 5.41) is 1.70. The number of rotatable bonds is 5. The number of anilines is 1. The number of hydrogen-bond acceptors (Lipinski definition) is 5. The molecule has 0 aliphatic rings. The Morgan fingerprint density at radius 3 is 2.00 bits per heavy atom. The number of ether oxygens (including phenoxy) is 2. The lowest BCUT2D eigenvalue weighted by atomic mass is 9.77. The Kier molecular flexibility index (Phi) is 6.30. The van der Waals surface area contributed by atoms with E-state index in [0.29, 0.717) is 0 Å². The van der Waals surface area contributed by atoms with Crippen molar-refractivity contribution in [2.24, 2.45) is 0 Å². The van der Waals surface area contributed by atoms with Gasteiger partial charge in [0.05, 0.1) is 7.11 Å². The zero-order valence-electron chi connectivity index (χ0n) is 15.9. The van der Waals surface area contributed by atoms with Crippen molar-refractivity contribution in [1.82, 2.24) is 0 Å². The molecule has 1 atom stereocenters. The number of nitrogens with one attached hydrogen (secondary N) is 1. The first-order valence-electron chi connectivity index (χ1n) is 7.94. The van der Waals surface area contributed by atoms with Gasteiger partial charge in [-0.15, -0.1) is 0 Å². The van der Waals surface area contributed by atoms with Gasteiger partial charge >= 0.3 is 18.1 Å². The Hall–Kier alpha value is -2.58. The van der Waals surface area contributed by atoms with E-state index in [2.05, 4.69) is 0 Å². The number of esters is 1. The number of carbonyl (C=O) groups is 3. The molecule has 150 valence electrons. The first-order chi connectivity index (χ1) is 12.1. The van der Waals surface area contributed by atoms with Gasteiger partial charge in [-0.25, -0.2) is 0 Å². The maximum absolute atomic E-state index is 12.7. The van der Waals surface area contributed by atoms with Crippen LogP contribution in [0.2, 0.25) is 0 Å². The second-order valence-electron chi connectivity index (χ2n) is 7.05. The van der Waals surface area contributed by atoms with Crippen LogP contribution in [0.4, 0.5) is 18.9 Å². The van der Waals surface area contributed by atoms with Crippen LogP contribution in [0.3, 0.4) is 0 Å². The first kappa shape index (κ1) is 22.5. The average molecular weight is 389 g/mol. The molecule has 0 fully saturated rings. The summed E-state index contributed by atoms with van der Waals surface area (Å²) in [6.45, 7) is 7.09. The number of benzene rings is 1. The van der Waals surface area contributed by atoms with Crippen LogP contribution >= 0.6 is 0 Å². The molecule has 1 rings (SSSR count). The molecule has 0 aromatic heterocycles. The molecule has 9 heteroatoms. The highest BCUT2D eigenvalue weighted by molar-refractivity contribution is 6.10. The number of carbonyl (C=O) groups excluding carboxylic acids is 3. The van der Waals surface area contributed by atoms with Crippen LogP contribution in [0.25, 0.3) is 0 Å². The Balaban J connectivity index is 3.58. The summed E-state index contributed by atoms with van der Waals surface area (Å²) in [6, 6.07) is 3.64. The minimum absolute atomic E-state index is 0.166. The van der Waals surface area contributed by atoms with Crippen molar-refractivity contribution in [2.45, 2.75) is 51.8 Å². The summed E-state index contributed by atoms with van der Waals surface area (Å²) in [5.74, 6) is -3.68. The van der Waals surface area contributed by atoms with Crippen LogP contribution in [-0.4, -0.2) is 36.5 Å². The third-order valence-electron chi connectivity index (χ3n) is 3.78. The van der Waals surface area contributed by atoms with Crippen molar-refractivity contribution in [1.29, 1.82) is 0 Å². The molecule has 0 aliphatic carbocycles. The Morgan fingerprint density at radius 2 is 1.59 bits per heavy atom. The predicted molar refractivity (Wildman–Crippen MR) is 91.6 cm³/mol. The molecule has 1 aromatic rings. The van der Waals surface area contributed by atoms with Crippen LogP contribution in [0.5, 0.6) is 5.75 Å². The molecule has 27 heavy (non-hydrogen) atoms. The number of ketones is 1. The lowest BCUT2D eigenvalue weighted by Gasteiger charge is -2.31. The van der Waals surface area contributed by atoms with Gasteiger partial charge in [0.25, 0.3) is 0 Å². The van der Waals surface area contributed by atoms with Gasteiger partial charge in [0.1, 0.15) is 16.8 Å². The number of methoxy groups -OCH3 is 1. The predicted octanol–water partition coefficient (Wildman–Crippen LogP) is 3.38. The van der Waals surface area contributed by atoms with E-state index in [-0.39, 0.29) is 17.0 Å². The van der Waals surface area contributed by atoms with Crippen LogP contribution in [-0.2, 0) is 24.5 Å². The number of alkyl halides is 3. The molecule has 0 bridgehead atoms. The van der Waals surface area contributed by atoms with Gasteiger partial charge in [0.15, 0.2) is 5.78 Å². The average Bonchev–Trinajstić information content (AvgIpc) is 2.51. The van der Waals surface area contributed by atoms with Gasteiger partial charge in [-0.05, 0) is 52.8 Å². The maximum atomic E-state index is 12.7. The summed E-state index contributed by atoms with van der Waals surface area (Å²) < 4.78 is 48.3. The fourth-order valence-electron chi connectivity index (χ4n) is 2.19. The molecular weight excluding hydrogens is 367 g/mol. The summed E-state index contributed by atoms with van der Waals surface area (Å²) in [6.07, 6.45) is -5.14. The second-order valence-corrected chi connectivity index (χ2v) is 7.05. The summed E-state index contributed by atoms with van der Waals surface area (Å²) in [7, 11) is 1.31. The fourth-order valence-corrected chi connectivity index (χ4v) is 2.19. The number of hydrogen-bond donors (Lipinski definition) is 1. The van der Waals surface area contributed by atoms with Crippen molar-refractivity contribution in [2.75, 3.05) is 12.4 Å². The van der Waals surface area contributed by atoms with Gasteiger partial charge in [-0.2, -0.15) is 13.2 Å². The van der Waals surface area contributed by atoms with Gasteiger partial charge in [0.2, 0.25) is 0 Å². The normalized spacial score (nSPS) is 14.1. The second kappa shape index (κ2) is 7.58. The first-order valence-corrected chi connectivity index (χ1v) is 7.94. The van der Waals surface area contributed by atoms with Crippen molar-refractivity contribution >= 4 is 23.3 Å². The number of Topliss-reactive ketones (excluding diaryl/α,β-unsaturated/α-hetero) is 1. The van der Waals surface area contributed by atoms with E-state index in [0.717, 1.165) is 13.0 Å². The Morgan fingerprint density at radius 1 is 1.04 bits per heavy atom. The third kappa shape index (κ3) is 5.21. The lowest BCUT2D eigenvalue weighted by molar-refractivity contribution is -0.167. The van der Waals surface area contributed by atoms with Gasteiger partial charge < -0.3 is 14.8 Å². The molecule has 0 saturated carbocycles. The summed E-state index contributed by atoms with van der Waals surface area (Å²) in [4.78, 5) is 36.5. The van der Waals surface area contributed by atoms with E-state index < -0.39 is 34.9 Å². The van der Waals surface area contributed by atoms with Gasteiger partial charge in [-0.3, -0.25) is 14.4 Å². The van der Waals surface area contributed by atoms with E-state index in [9.17, 15) is 27.6 Å². The van der Waals surface area contributed by atoms with Crippen molar-refractivity contribution < 1.29 is 37.0 Å². The molecule has 1 aromatic carbocycles. The molecule has 0 radical (unpaired) electrons. The van der Waals surface area contributed by atoms with Crippen LogP contribution < -0.4 is 10.1 Å². The minimum Gasteiger partial charge on any atom is -0.497 e. The molecule has 0 heterocycles. The van der Waals surface area contributed by atoms with E-state index in [1.807, 2.05) is 0 Å². The monoisotopic (exact) mass is 389 g/mol. The quantitative estimate of drug-likeness (QED) is 0.617. The van der Waals surface area contributed by atoms with Gasteiger partial charge in [0, 0.05) is 11.3 Å². The van der Waals surface area contributed by atoms with E-state index in [4.69, 9.17) is 9.47 Å². The van der Waals surface area contributed by atoms with E-state index in [1.54, 1.807) is 26.1 Å². The van der Waals surface area contributed by atoms with E-state index in [1.165, 1.54) is 26.2 Å². The molecule has 0 spiro atoms. The maximum Gasteiger partial charge on any atom is 0.471 e. The van der Waals surface area contributed by atoms with E-state index >= 15 is 0 Å². The molecule has 0 saturated heterocycles. The number of halogens is 3. The van der Waals surface area contributed by atoms with Crippen LogP contribution in [0.15, 0.2) is 18.2 Å². The smallest absolute Gasteiger partial charge is 0.471 e. The zero-order chi connectivity index (χ0) is 21.2. The Bertz CT molecular complexity index is 752. The van der Waals surface area contributed by atoms with Crippen molar-refractivity contribution in [3.8, 4) is 5.75 Å². The summed E-state index contributed by atoms with van der Waals surface area (Å²) in [5.41, 5.74) is -3.42. The highest BCUT2D eigenvalue weighted by Crippen LogP contribution is 2.37. The Labute approximate surface area is 155 Å². The number of amides is 1. The molecule has 6 nitrogen and oxygen atoms in total. The topological polar surface area (TPSA) is 81.7 Å². The molecular formula is C18H22F3NO5. The highest BCUT2D eigenvalue weighted by atomic mass is 19.4. The molecule has 1 N–H and O–H groups in total. The molecule has 1 amide bonds. The standard InChI is InChI=1S/C18H22F3NO5/c1-10(23)17(5,15(25)27-16(2,3)4)12-9-11(26-6)7-8-13(12)22-14(24)18(19,20)21/h7-9H,1-6H3,(H,22,24)/t17-/m0/s1. The fraction of sp³-hybridized carbons (Fsp3) is 0.500. The zero-order valence-corrected chi connectivity index (χ0v) is 15.9. The summed E-state index contributed by atoms with van der Waals surface area (Å²) >= 11 is 0. The van der Waals surface area contributed by atoms with Crippen molar-refractivity contribution in [3.05, 3.63) is 23.8 Å². The third-order valence-corrected chi connectivity index (χ3v) is 3.78. The van der Waals surface area contributed by atoms with Crippen LogP contribution in [0.1, 0.15) is 40.2 Å². The minimum atomic E-state index is -5.14. The van der Waals surface area contributed by atoms with Gasteiger partial charge in [-0.1, -0.05) is 0 Å².